The van der Waals surface area contributed by atoms with Crippen molar-refractivity contribution in [2.45, 2.75) is 13.8 Å². The third kappa shape index (κ3) is 5.22. The molecule has 10 rings (SSSR count). The Hall–Kier alpha value is -7.29. The van der Waals surface area contributed by atoms with E-state index in [9.17, 15) is 14.0 Å². The first-order valence-corrected chi connectivity index (χ1v) is 18.6. The van der Waals surface area contributed by atoms with E-state index < -0.39 is 11.6 Å². The summed E-state index contributed by atoms with van der Waals surface area (Å²) in [7, 11) is 0. The van der Waals surface area contributed by atoms with Gasteiger partial charge in [0, 0.05) is 27.6 Å². The topological polar surface area (TPSA) is 33.6 Å². The van der Waals surface area contributed by atoms with E-state index >= 15 is 0 Å². The summed E-state index contributed by atoms with van der Waals surface area (Å²) < 4.78 is 34.1. The molecule has 0 N–H and O–H groups in total. The molecule has 0 unspecified atom stereocenters. The number of para-hydroxylation sites is 2. The van der Waals surface area contributed by atoms with Crippen molar-refractivity contribution >= 4 is 43.6 Å². The molecule has 0 aliphatic rings. The van der Waals surface area contributed by atoms with Crippen molar-refractivity contribution in [3.8, 4) is 50.8 Å². The molecule has 0 aliphatic carbocycles. The highest BCUT2D eigenvalue weighted by atomic mass is 19.1. The second-order valence-electron chi connectivity index (χ2n) is 14.5. The molecular weight excluding hydrogens is 693 g/mol. The second kappa shape index (κ2) is 12.9. The molecule has 0 spiro atoms. The van der Waals surface area contributed by atoms with Crippen LogP contribution in [0.4, 0.5) is 8.78 Å². The lowest BCUT2D eigenvalue weighted by Crippen LogP contribution is -2.05. The first-order chi connectivity index (χ1) is 27.4. The predicted molar refractivity (Wildman–Crippen MR) is 226 cm³/mol. The quantitative estimate of drug-likeness (QED) is 0.174. The monoisotopic (exact) mass is 725 g/mol. The number of aryl methyl sites for hydroxylation is 2. The van der Waals surface area contributed by atoms with Crippen molar-refractivity contribution in [3.05, 3.63) is 192 Å². The van der Waals surface area contributed by atoms with Crippen LogP contribution in [0.2, 0.25) is 0 Å². The van der Waals surface area contributed by atoms with Gasteiger partial charge in [-0.2, -0.15) is 5.26 Å². The highest BCUT2D eigenvalue weighted by Gasteiger charge is 2.23. The fourth-order valence-corrected chi connectivity index (χ4v) is 8.56. The first kappa shape index (κ1) is 33.3. The number of rotatable bonds is 5. The minimum atomic E-state index is -0.673. The third-order valence-electron chi connectivity index (χ3n) is 11.1. The molecular formula is C51H33F2N3. The number of hydrogen-bond donors (Lipinski definition) is 0. The van der Waals surface area contributed by atoms with Gasteiger partial charge in [0.1, 0.15) is 23.3 Å². The molecule has 2 aromatic heterocycles. The zero-order valence-corrected chi connectivity index (χ0v) is 30.7. The lowest BCUT2D eigenvalue weighted by molar-refractivity contribution is 0.584. The van der Waals surface area contributed by atoms with Gasteiger partial charge < -0.3 is 9.13 Å². The van der Waals surface area contributed by atoms with Crippen LogP contribution < -0.4 is 0 Å². The van der Waals surface area contributed by atoms with E-state index in [1.165, 1.54) is 23.3 Å². The molecule has 2 heterocycles. The second-order valence-corrected chi connectivity index (χ2v) is 14.5. The molecule has 56 heavy (non-hydrogen) atoms. The number of nitrogens with zero attached hydrogens (tertiary/aromatic N) is 3. The summed E-state index contributed by atoms with van der Waals surface area (Å²) in [4.78, 5) is 0. The molecule has 8 aromatic carbocycles. The number of hydrogen-bond acceptors (Lipinski definition) is 1. The van der Waals surface area contributed by atoms with Crippen molar-refractivity contribution < 1.29 is 8.78 Å². The van der Waals surface area contributed by atoms with Crippen LogP contribution in [0.15, 0.2) is 164 Å². The predicted octanol–water partition coefficient (Wildman–Crippen LogP) is 13.6. The summed E-state index contributed by atoms with van der Waals surface area (Å²) in [6.45, 7) is 4.23. The Labute approximate surface area is 322 Å². The highest BCUT2D eigenvalue weighted by molar-refractivity contribution is 6.12. The van der Waals surface area contributed by atoms with Crippen LogP contribution in [-0.4, -0.2) is 9.13 Å². The fourth-order valence-electron chi connectivity index (χ4n) is 8.56. The van der Waals surface area contributed by atoms with Crippen molar-refractivity contribution in [1.29, 1.82) is 5.26 Å². The van der Waals surface area contributed by atoms with E-state index in [1.54, 1.807) is 0 Å². The number of benzene rings is 8. The molecule has 0 radical (unpaired) electrons. The lowest BCUT2D eigenvalue weighted by Gasteiger charge is -2.18. The molecule has 0 amide bonds. The first-order valence-electron chi connectivity index (χ1n) is 18.6. The van der Waals surface area contributed by atoms with Crippen molar-refractivity contribution in [3.63, 3.8) is 0 Å². The SMILES string of the molecule is Cc1ccccc1-c1ccc2c(c1)c1ccccc1n2-c1cc(-c2cc(F)cc(F)c2)cc(-n2c3ccccc3c3cc(-c4ccccc4C)ccc32)c1C#N. The Morgan fingerprint density at radius 3 is 1.29 bits per heavy atom. The summed E-state index contributed by atoms with van der Waals surface area (Å²) in [6, 6.07) is 55.9. The minimum absolute atomic E-state index is 0.375. The van der Waals surface area contributed by atoms with E-state index in [0.29, 0.717) is 28.1 Å². The Balaban J connectivity index is 1.31. The number of fused-ring (bicyclic) bond motifs is 6. The highest BCUT2D eigenvalue weighted by Crippen LogP contribution is 2.42. The maximum absolute atomic E-state index is 14.9. The van der Waals surface area contributed by atoms with Gasteiger partial charge in [-0.3, -0.25) is 0 Å². The smallest absolute Gasteiger partial charge is 0.126 e. The standard InChI is InChI=1S/C51H33F2N3/c1-31-11-3-5-13-39(31)33-19-21-48-43(25-33)41-15-7-9-17-46(41)55(48)50-27-36(35-23-37(52)29-38(53)24-35)28-51(45(50)30-54)56-47-18-10-8-16-42(47)44-26-34(20-22-49(44)56)40-14-6-4-12-32(40)2/h3-29H,1-2H3. The normalized spacial score (nSPS) is 11.6. The summed E-state index contributed by atoms with van der Waals surface area (Å²) in [5, 5.41) is 15.4. The molecule has 0 bridgehead atoms. The van der Waals surface area contributed by atoms with Gasteiger partial charge in [-0.1, -0.05) is 97.1 Å². The van der Waals surface area contributed by atoms with Gasteiger partial charge in [-0.25, -0.2) is 8.78 Å². The van der Waals surface area contributed by atoms with E-state index in [4.69, 9.17) is 0 Å². The number of nitriles is 1. The van der Waals surface area contributed by atoms with Crippen LogP contribution >= 0.6 is 0 Å². The molecule has 266 valence electrons. The molecule has 0 fully saturated rings. The Kier molecular flexibility index (Phi) is 7.69. The Morgan fingerprint density at radius 1 is 0.411 bits per heavy atom. The molecule has 0 saturated carbocycles. The van der Waals surface area contributed by atoms with Crippen LogP contribution in [0.3, 0.4) is 0 Å². The zero-order valence-electron chi connectivity index (χ0n) is 30.7. The van der Waals surface area contributed by atoms with E-state index in [2.05, 4.69) is 126 Å². The van der Waals surface area contributed by atoms with Gasteiger partial charge in [-0.05, 0) is 119 Å². The van der Waals surface area contributed by atoms with Gasteiger partial charge in [0.25, 0.3) is 0 Å². The van der Waals surface area contributed by atoms with Crippen molar-refractivity contribution in [2.75, 3.05) is 0 Å². The molecule has 5 heteroatoms. The van der Waals surface area contributed by atoms with Crippen molar-refractivity contribution in [1.82, 2.24) is 9.13 Å². The van der Waals surface area contributed by atoms with Crippen LogP contribution in [0, 0.1) is 36.8 Å². The van der Waals surface area contributed by atoms with E-state index in [0.717, 1.165) is 71.9 Å². The van der Waals surface area contributed by atoms with E-state index in [-0.39, 0.29) is 0 Å². The molecule has 3 nitrogen and oxygen atoms in total. The Bertz CT molecular complexity index is 3060. The van der Waals surface area contributed by atoms with Crippen LogP contribution in [0.25, 0.3) is 88.4 Å². The van der Waals surface area contributed by atoms with Crippen LogP contribution in [0.5, 0.6) is 0 Å². The largest absolute Gasteiger partial charge is 0.308 e. The third-order valence-corrected chi connectivity index (χ3v) is 11.1. The average Bonchev–Trinajstić information content (AvgIpc) is 3.72. The summed E-state index contributed by atoms with van der Waals surface area (Å²) in [5.41, 5.74) is 13.1. The number of aromatic nitrogens is 2. The average molecular weight is 726 g/mol. The summed E-state index contributed by atoms with van der Waals surface area (Å²) >= 11 is 0. The van der Waals surface area contributed by atoms with Crippen molar-refractivity contribution in [2.24, 2.45) is 0 Å². The van der Waals surface area contributed by atoms with Gasteiger partial charge >= 0.3 is 0 Å². The van der Waals surface area contributed by atoms with E-state index in [1.807, 2.05) is 48.5 Å². The summed E-state index contributed by atoms with van der Waals surface area (Å²) in [5.74, 6) is -1.35. The molecule has 0 atom stereocenters. The summed E-state index contributed by atoms with van der Waals surface area (Å²) in [6.07, 6.45) is 0. The van der Waals surface area contributed by atoms with Crippen LogP contribution in [-0.2, 0) is 0 Å². The number of halogens is 2. The van der Waals surface area contributed by atoms with Gasteiger partial charge in [-0.15, -0.1) is 0 Å². The maximum Gasteiger partial charge on any atom is 0.126 e. The molecule has 0 saturated heterocycles. The van der Waals surface area contributed by atoms with Gasteiger partial charge in [0.2, 0.25) is 0 Å². The fraction of sp³-hybridized carbons (Fsp3) is 0.0392. The minimum Gasteiger partial charge on any atom is -0.308 e. The zero-order chi connectivity index (χ0) is 38.1. The van der Waals surface area contributed by atoms with Gasteiger partial charge in [0.05, 0.1) is 33.4 Å². The maximum atomic E-state index is 14.9. The molecule has 10 aromatic rings. The lowest BCUT2D eigenvalue weighted by atomic mass is 9.98. The van der Waals surface area contributed by atoms with Crippen LogP contribution in [0.1, 0.15) is 16.7 Å². The van der Waals surface area contributed by atoms with Gasteiger partial charge in [0.15, 0.2) is 0 Å². The molecule has 0 aliphatic heterocycles. The Morgan fingerprint density at radius 2 is 0.821 bits per heavy atom.